The van der Waals surface area contributed by atoms with Gasteiger partial charge in [0.15, 0.2) is 11.6 Å². The number of halogens is 1. The molecule has 1 atom stereocenters. The predicted molar refractivity (Wildman–Crippen MR) is 97.6 cm³/mol. The van der Waals surface area contributed by atoms with E-state index >= 15 is 0 Å². The molecule has 0 radical (unpaired) electrons. The Morgan fingerprint density at radius 2 is 2.15 bits per heavy atom. The summed E-state index contributed by atoms with van der Waals surface area (Å²) < 4.78 is 18.9. The van der Waals surface area contributed by atoms with Crippen LogP contribution in [0, 0.1) is 5.82 Å². The third kappa shape index (κ3) is 3.85. The molecule has 0 N–H and O–H groups in total. The lowest BCUT2D eigenvalue weighted by Crippen LogP contribution is -2.31. The zero-order valence-corrected chi connectivity index (χ0v) is 15.4. The number of ether oxygens (including phenoxy) is 1. The van der Waals surface area contributed by atoms with E-state index in [0.29, 0.717) is 12.1 Å². The molecular formula is C20H24FN3O2. The van der Waals surface area contributed by atoms with Crippen LogP contribution in [-0.2, 0) is 6.54 Å². The average Bonchev–Trinajstić information content (AvgIpc) is 3.11. The van der Waals surface area contributed by atoms with Crippen LogP contribution in [0.5, 0.6) is 5.75 Å². The van der Waals surface area contributed by atoms with E-state index in [-0.39, 0.29) is 17.7 Å². The Balaban J connectivity index is 1.79. The van der Waals surface area contributed by atoms with Gasteiger partial charge in [-0.05, 0) is 56.8 Å². The molecule has 5 nitrogen and oxygen atoms in total. The van der Waals surface area contributed by atoms with Crippen molar-refractivity contribution in [3.63, 3.8) is 0 Å². The summed E-state index contributed by atoms with van der Waals surface area (Å²) in [7, 11) is 5.43. The van der Waals surface area contributed by atoms with Crippen molar-refractivity contribution >= 4 is 5.91 Å². The number of hydrogen-bond donors (Lipinski definition) is 0. The Kier molecular flexibility index (Phi) is 5.52. The number of aromatic nitrogens is 1. The number of nitrogens with zero attached hydrogens (tertiary/aromatic N) is 3. The van der Waals surface area contributed by atoms with Crippen molar-refractivity contribution in [2.45, 2.75) is 25.4 Å². The molecule has 1 amide bonds. The summed E-state index contributed by atoms with van der Waals surface area (Å²) in [5.41, 5.74) is 2.35. The molecule has 0 spiro atoms. The van der Waals surface area contributed by atoms with Gasteiger partial charge in [0.2, 0.25) is 0 Å². The summed E-state index contributed by atoms with van der Waals surface area (Å²) >= 11 is 0. The van der Waals surface area contributed by atoms with Gasteiger partial charge in [-0.25, -0.2) is 4.39 Å². The molecule has 2 aromatic rings. The number of benzene rings is 1. The fourth-order valence-electron chi connectivity index (χ4n) is 3.37. The first kappa shape index (κ1) is 18.3. The van der Waals surface area contributed by atoms with Crippen LogP contribution in [-0.4, -0.2) is 48.4 Å². The summed E-state index contributed by atoms with van der Waals surface area (Å²) in [6.07, 6.45) is 3.64. The molecule has 26 heavy (non-hydrogen) atoms. The fraction of sp³-hybridized carbons (Fsp3) is 0.400. The molecule has 1 aliphatic rings. The summed E-state index contributed by atoms with van der Waals surface area (Å²) in [6.45, 7) is 1.48. The molecule has 1 aliphatic heterocycles. The first-order valence-corrected chi connectivity index (χ1v) is 8.73. The third-order valence-corrected chi connectivity index (χ3v) is 4.60. The van der Waals surface area contributed by atoms with Gasteiger partial charge in [0.25, 0.3) is 5.91 Å². The number of hydrogen-bond acceptors (Lipinski definition) is 4. The van der Waals surface area contributed by atoms with Gasteiger partial charge >= 0.3 is 0 Å². The average molecular weight is 357 g/mol. The largest absolute Gasteiger partial charge is 0.494 e. The van der Waals surface area contributed by atoms with Crippen LogP contribution in [0.4, 0.5) is 4.39 Å². The molecule has 0 unspecified atom stereocenters. The molecule has 2 heterocycles. The lowest BCUT2D eigenvalue weighted by molar-refractivity contribution is 0.0732. The van der Waals surface area contributed by atoms with Crippen LogP contribution in [0.15, 0.2) is 36.5 Å². The van der Waals surface area contributed by atoms with Crippen LogP contribution >= 0.6 is 0 Å². The van der Waals surface area contributed by atoms with E-state index in [9.17, 15) is 9.18 Å². The maximum absolute atomic E-state index is 14.0. The number of amides is 1. The SMILES string of the molecule is COc1ccc(C(=O)N2CCC[C@H]2c2ccc(CN(C)C)cn2)cc1F. The zero-order chi connectivity index (χ0) is 18.7. The van der Waals surface area contributed by atoms with Gasteiger partial charge in [-0.1, -0.05) is 6.07 Å². The Labute approximate surface area is 153 Å². The lowest BCUT2D eigenvalue weighted by atomic mass is 10.1. The van der Waals surface area contributed by atoms with Crippen molar-refractivity contribution in [1.29, 1.82) is 0 Å². The van der Waals surface area contributed by atoms with Gasteiger partial charge in [-0.2, -0.15) is 0 Å². The monoisotopic (exact) mass is 357 g/mol. The van der Waals surface area contributed by atoms with Crippen molar-refractivity contribution in [3.05, 3.63) is 59.2 Å². The topological polar surface area (TPSA) is 45.7 Å². The summed E-state index contributed by atoms with van der Waals surface area (Å²) in [4.78, 5) is 21.3. The zero-order valence-electron chi connectivity index (χ0n) is 15.4. The van der Waals surface area contributed by atoms with Gasteiger partial charge < -0.3 is 14.5 Å². The fourth-order valence-corrected chi connectivity index (χ4v) is 3.37. The second-order valence-corrected chi connectivity index (χ2v) is 6.83. The van der Waals surface area contributed by atoms with E-state index < -0.39 is 5.82 Å². The van der Waals surface area contributed by atoms with Gasteiger partial charge in [0, 0.05) is 24.8 Å². The second-order valence-electron chi connectivity index (χ2n) is 6.83. The minimum Gasteiger partial charge on any atom is -0.494 e. The van der Waals surface area contributed by atoms with Crippen molar-refractivity contribution in [3.8, 4) is 5.75 Å². The minimum absolute atomic E-state index is 0.0685. The van der Waals surface area contributed by atoms with Gasteiger partial charge in [-0.15, -0.1) is 0 Å². The van der Waals surface area contributed by atoms with Crippen molar-refractivity contribution in [2.24, 2.45) is 0 Å². The van der Waals surface area contributed by atoms with Crippen molar-refractivity contribution in [2.75, 3.05) is 27.7 Å². The highest BCUT2D eigenvalue weighted by molar-refractivity contribution is 5.94. The van der Waals surface area contributed by atoms with Gasteiger partial charge in [-0.3, -0.25) is 9.78 Å². The number of carbonyl (C=O) groups excluding carboxylic acids is 1. The Bertz CT molecular complexity index is 777. The van der Waals surface area contributed by atoms with Crippen LogP contribution < -0.4 is 4.74 Å². The first-order valence-electron chi connectivity index (χ1n) is 8.73. The molecule has 3 rings (SSSR count). The second kappa shape index (κ2) is 7.83. The van der Waals surface area contributed by atoms with Crippen molar-refractivity contribution < 1.29 is 13.9 Å². The minimum atomic E-state index is -0.528. The lowest BCUT2D eigenvalue weighted by Gasteiger charge is -2.25. The highest BCUT2D eigenvalue weighted by Gasteiger charge is 2.31. The van der Waals surface area contributed by atoms with Crippen LogP contribution in [0.25, 0.3) is 0 Å². The molecule has 1 fully saturated rings. The molecule has 1 saturated heterocycles. The highest BCUT2D eigenvalue weighted by Crippen LogP contribution is 2.32. The molecular weight excluding hydrogens is 333 g/mol. The van der Waals surface area contributed by atoms with Crippen molar-refractivity contribution in [1.82, 2.24) is 14.8 Å². The number of pyridine rings is 1. The molecule has 0 aliphatic carbocycles. The highest BCUT2D eigenvalue weighted by atomic mass is 19.1. The molecule has 1 aromatic heterocycles. The third-order valence-electron chi connectivity index (χ3n) is 4.60. The van der Waals surface area contributed by atoms with E-state index in [1.807, 2.05) is 26.4 Å². The Morgan fingerprint density at radius 1 is 1.35 bits per heavy atom. The van der Waals surface area contributed by atoms with E-state index in [1.165, 1.54) is 19.2 Å². The van der Waals surface area contributed by atoms with E-state index in [1.54, 1.807) is 11.0 Å². The van der Waals surface area contributed by atoms with Crippen LogP contribution in [0.2, 0.25) is 0 Å². The number of methoxy groups -OCH3 is 1. The molecule has 6 heteroatoms. The van der Waals surface area contributed by atoms with Crippen LogP contribution in [0.1, 0.15) is 40.5 Å². The first-order chi connectivity index (χ1) is 12.5. The molecule has 1 aromatic carbocycles. The Morgan fingerprint density at radius 3 is 2.77 bits per heavy atom. The molecule has 0 bridgehead atoms. The number of rotatable bonds is 5. The maximum Gasteiger partial charge on any atom is 0.254 e. The maximum atomic E-state index is 14.0. The number of likely N-dealkylation sites (tertiary alicyclic amines) is 1. The van der Waals surface area contributed by atoms with E-state index in [0.717, 1.165) is 30.6 Å². The predicted octanol–water partition coefficient (Wildman–Crippen LogP) is 3.27. The Hall–Kier alpha value is -2.47. The molecule has 138 valence electrons. The number of carbonyl (C=O) groups is 1. The van der Waals surface area contributed by atoms with E-state index in [4.69, 9.17) is 4.74 Å². The van der Waals surface area contributed by atoms with E-state index in [2.05, 4.69) is 16.0 Å². The smallest absolute Gasteiger partial charge is 0.254 e. The summed E-state index contributed by atoms with van der Waals surface area (Å²) in [6, 6.07) is 8.31. The van der Waals surface area contributed by atoms with Gasteiger partial charge in [0.1, 0.15) is 0 Å². The summed E-state index contributed by atoms with van der Waals surface area (Å²) in [5.74, 6) is -0.564. The summed E-state index contributed by atoms with van der Waals surface area (Å²) in [5, 5.41) is 0. The molecule has 0 saturated carbocycles. The quantitative estimate of drug-likeness (QED) is 0.824. The normalized spacial score (nSPS) is 17.0. The standard InChI is InChI=1S/C20H24FN3O2/c1-23(2)13-14-6-8-17(22-12-14)18-5-4-10-24(18)20(25)15-7-9-19(26-3)16(21)11-15/h6-9,11-12,18H,4-5,10,13H2,1-3H3/t18-/m0/s1. The van der Waals surface area contributed by atoms with Gasteiger partial charge in [0.05, 0.1) is 18.8 Å². The van der Waals surface area contributed by atoms with Crippen LogP contribution in [0.3, 0.4) is 0 Å².